The lowest BCUT2D eigenvalue weighted by molar-refractivity contribution is 0.954. The summed E-state index contributed by atoms with van der Waals surface area (Å²) in [6.45, 7) is 2.32. The predicted molar refractivity (Wildman–Crippen MR) is 59.9 cm³/mol. The molecule has 0 aliphatic rings. The Hall–Kier alpha value is -1.00. The van der Waals surface area contributed by atoms with Gasteiger partial charge in [-0.15, -0.1) is 0 Å². The van der Waals surface area contributed by atoms with Crippen LogP contribution in [0.2, 0.25) is 0 Å². The molecule has 72 valence electrons. The van der Waals surface area contributed by atoms with E-state index in [1.165, 1.54) is 0 Å². The summed E-state index contributed by atoms with van der Waals surface area (Å²) in [4.78, 5) is 8.64. The van der Waals surface area contributed by atoms with E-state index in [-0.39, 0.29) is 0 Å². The molecule has 0 amide bonds. The molecule has 0 saturated heterocycles. The van der Waals surface area contributed by atoms with Gasteiger partial charge in [0.15, 0.2) is 0 Å². The summed E-state index contributed by atoms with van der Waals surface area (Å²) in [5.74, 6) is 0.764. The molecule has 1 aromatic carbocycles. The molecular weight excluding hydrogens is 242 g/mol. The van der Waals surface area contributed by atoms with E-state index in [1.807, 2.05) is 25.1 Å². The topological polar surface area (TPSA) is 51.8 Å². The van der Waals surface area contributed by atoms with Crippen molar-refractivity contribution in [1.29, 1.82) is 0 Å². The first-order valence-corrected chi connectivity index (χ1v) is 5.13. The molecule has 0 bridgehead atoms. The molecule has 0 unspecified atom stereocenters. The summed E-state index contributed by atoms with van der Waals surface area (Å²) in [7, 11) is 0. The Morgan fingerprint density at radius 2 is 2.14 bits per heavy atom. The zero-order valence-electron chi connectivity index (χ0n) is 7.79. The first-order chi connectivity index (χ1) is 6.70. The van der Waals surface area contributed by atoms with E-state index in [0.29, 0.717) is 6.54 Å². The maximum atomic E-state index is 5.63. The number of nitrogens with zero attached hydrogens (tertiary/aromatic N) is 2. The van der Waals surface area contributed by atoms with Gasteiger partial charge in [0.25, 0.3) is 0 Å². The van der Waals surface area contributed by atoms with Crippen molar-refractivity contribution >= 4 is 26.8 Å². The van der Waals surface area contributed by atoms with Crippen LogP contribution in [-0.2, 0) is 6.54 Å². The zero-order valence-corrected chi connectivity index (χ0v) is 9.37. The molecule has 14 heavy (non-hydrogen) atoms. The smallest absolute Gasteiger partial charge is 0.126 e. The third-order valence-electron chi connectivity index (χ3n) is 2.04. The Balaban J connectivity index is 2.81. The van der Waals surface area contributed by atoms with Gasteiger partial charge in [0.05, 0.1) is 11.2 Å². The monoisotopic (exact) mass is 251 g/mol. The Bertz CT molecular complexity index is 482. The molecule has 2 N–H and O–H groups in total. The normalized spacial score (nSPS) is 10.8. The maximum Gasteiger partial charge on any atom is 0.126 e. The van der Waals surface area contributed by atoms with Crippen LogP contribution in [0.4, 0.5) is 0 Å². The van der Waals surface area contributed by atoms with Crippen molar-refractivity contribution in [3.63, 3.8) is 0 Å². The van der Waals surface area contributed by atoms with Gasteiger partial charge < -0.3 is 5.73 Å². The lowest BCUT2D eigenvalue weighted by Gasteiger charge is -2.04. The van der Waals surface area contributed by atoms with Gasteiger partial charge in [-0.1, -0.05) is 15.9 Å². The number of hydrogen-bond acceptors (Lipinski definition) is 3. The number of benzene rings is 1. The SMILES string of the molecule is Cc1nc(CN)c2cc(Br)ccc2n1. The van der Waals surface area contributed by atoms with Gasteiger partial charge in [-0.25, -0.2) is 9.97 Å². The summed E-state index contributed by atoms with van der Waals surface area (Å²) < 4.78 is 1.02. The second-order valence-corrected chi connectivity index (χ2v) is 4.00. The minimum Gasteiger partial charge on any atom is -0.325 e. The molecule has 0 fully saturated rings. The molecule has 0 saturated carbocycles. The summed E-state index contributed by atoms with van der Waals surface area (Å²) >= 11 is 3.42. The highest BCUT2D eigenvalue weighted by Gasteiger charge is 2.04. The second kappa shape index (κ2) is 3.63. The third kappa shape index (κ3) is 1.63. The standard InChI is InChI=1S/C10H10BrN3/c1-6-13-9-3-2-7(11)4-8(9)10(5-12)14-6/h2-4H,5,12H2,1H3. The fourth-order valence-corrected chi connectivity index (χ4v) is 1.81. The molecule has 2 rings (SSSR count). The van der Waals surface area contributed by atoms with Crippen LogP contribution in [0.1, 0.15) is 11.5 Å². The Labute approximate surface area is 90.5 Å². The van der Waals surface area contributed by atoms with Crippen LogP contribution in [0.15, 0.2) is 22.7 Å². The molecule has 2 aromatic rings. The quantitative estimate of drug-likeness (QED) is 0.846. The fourth-order valence-electron chi connectivity index (χ4n) is 1.45. The number of fused-ring (bicyclic) bond motifs is 1. The van der Waals surface area contributed by atoms with Gasteiger partial charge in [-0.3, -0.25) is 0 Å². The number of nitrogens with two attached hydrogens (primary N) is 1. The maximum absolute atomic E-state index is 5.63. The van der Waals surface area contributed by atoms with E-state index in [1.54, 1.807) is 0 Å². The zero-order chi connectivity index (χ0) is 10.1. The molecule has 1 aromatic heterocycles. The molecule has 0 aliphatic carbocycles. The summed E-state index contributed by atoms with van der Waals surface area (Å²) in [6.07, 6.45) is 0. The van der Waals surface area contributed by atoms with Gasteiger partial charge in [0.1, 0.15) is 5.82 Å². The molecule has 0 radical (unpaired) electrons. The molecule has 0 atom stereocenters. The van der Waals surface area contributed by atoms with Gasteiger partial charge in [0, 0.05) is 16.4 Å². The van der Waals surface area contributed by atoms with E-state index in [4.69, 9.17) is 5.73 Å². The number of halogens is 1. The number of hydrogen-bond donors (Lipinski definition) is 1. The molecule has 0 aliphatic heterocycles. The fraction of sp³-hybridized carbons (Fsp3) is 0.200. The van der Waals surface area contributed by atoms with Gasteiger partial charge in [0.2, 0.25) is 0 Å². The Morgan fingerprint density at radius 1 is 1.36 bits per heavy atom. The molecule has 3 nitrogen and oxygen atoms in total. The van der Waals surface area contributed by atoms with Gasteiger partial charge in [-0.2, -0.15) is 0 Å². The highest BCUT2D eigenvalue weighted by atomic mass is 79.9. The molecule has 4 heteroatoms. The molecule has 1 heterocycles. The minimum atomic E-state index is 0.441. The highest BCUT2D eigenvalue weighted by Crippen LogP contribution is 2.20. The van der Waals surface area contributed by atoms with E-state index in [2.05, 4.69) is 25.9 Å². The molecule has 0 spiro atoms. The van der Waals surface area contributed by atoms with Crippen molar-refractivity contribution in [3.05, 3.63) is 34.2 Å². The van der Waals surface area contributed by atoms with Crippen LogP contribution < -0.4 is 5.73 Å². The van der Waals surface area contributed by atoms with Crippen LogP contribution in [-0.4, -0.2) is 9.97 Å². The van der Waals surface area contributed by atoms with E-state index < -0.39 is 0 Å². The summed E-state index contributed by atoms with van der Waals surface area (Å²) in [5.41, 5.74) is 7.47. The third-order valence-corrected chi connectivity index (χ3v) is 2.54. The Morgan fingerprint density at radius 3 is 2.86 bits per heavy atom. The van der Waals surface area contributed by atoms with Crippen molar-refractivity contribution in [3.8, 4) is 0 Å². The van der Waals surface area contributed by atoms with Crippen molar-refractivity contribution in [1.82, 2.24) is 9.97 Å². The lowest BCUT2D eigenvalue weighted by Crippen LogP contribution is -2.03. The van der Waals surface area contributed by atoms with Crippen molar-refractivity contribution in [2.45, 2.75) is 13.5 Å². The number of rotatable bonds is 1. The average molecular weight is 252 g/mol. The average Bonchev–Trinajstić information content (AvgIpc) is 2.17. The Kier molecular flexibility index (Phi) is 2.48. The van der Waals surface area contributed by atoms with E-state index >= 15 is 0 Å². The van der Waals surface area contributed by atoms with Crippen LogP contribution in [0.25, 0.3) is 10.9 Å². The minimum absolute atomic E-state index is 0.441. The predicted octanol–water partition coefficient (Wildman–Crippen LogP) is 2.16. The summed E-state index contributed by atoms with van der Waals surface area (Å²) in [6, 6.07) is 5.93. The van der Waals surface area contributed by atoms with Crippen molar-refractivity contribution in [2.24, 2.45) is 5.73 Å². The largest absolute Gasteiger partial charge is 0.325 e. The summed E-state index contributed by atoms with van der Waals surface area (Å²) in [5, 5.41) is 1.02. The van der Waals surface area contributed by atoms with Crippen LogP contribution in [0.3, 0.4) is 0 Å². The first-order valence-electron chi connectivity index (χ1n) is 4.33. The van der Waals surface area contributed by atoms with Gasteiger partial charge >= 0.3 is 0 Å². The number of aryl methyl sites for hydroxylation is 1. The van der Waals surface area contributed by atoms with E-state index in [9.17, 15) is 0 Å². The van der Waals surface area contributed by atoms with Crippen LogP contribution in [0, 0.1) is 6.92 Å². The van der Waals surface area contributed by atoms with Gasteiger partial charge in [-0.05, 0) is 25.1 Å². The lowest BCUT2D eigenvalue weighted by atomic mass is 10.2. The van der Waals surface area contributed by atoms with Crippen molar-refractivity contribution < 1.29 is 0 Å². The van der Waals surface area contributed by atoms with Crippen LogP contribution >= 0.6 is 15.9 Å². The molecular formula is C10H10BrN3. The second-order valence-electron chi connectivity index (χ2n) is 3.08. The van der Waals surface area contributed by atoms with Crippen LogP contribution in [0.5, 0.6) is 0 Å². The number of aromatic nitrogens is 2. The van der Waals surface area contributed by atoms with Crippen molar-refractivity contribution in [2.75, 3.05) is 0 Å². The van der Waals surface area contributed by atoms with E-state index in [0.717, 1.165) is 26.9 Å². The highest BCUT2D eigenvalue weighted by molar-refractivity contribution is 9.10. The first kappa shape index (κ1) is 9.55.